The van der Waals surface area contributed by atoms with E-state index in [2.05, 4.69) is 32.2 Å². The summed E-state index contributed by atoms with van der Waals surface area (Å²) in [6, 6.07) is 9.68. The summed E-state index contributed by atoms with van der Waals surface area (Å²) >= 11 is 0. The Hall–Kier alpha value is -2.29. The molecule has 1 aromatic rings. The van der Waals surface area contributed by atoms with Crippen LogP contribution < -0.4 is 10.1 Å². The number of hydrogen-bond acceptors (Lipinski definition) is 2. The van der Waals surface area contributed by atoms with E-state index in [1.165, 1.54) is 11.1 Å². The standard InChI is InChI=1S/C12H19NO.C7H8O/c1-5-6-10(2)11(3)7-8-12(4)13-9-14;1-8-7-5-3-2-4-6-7/h6-9H,5H2,1-4H3,(H,13,14);2-6H,1H3/b10-6+,11-7+,12-8+;. The molecule has 1 rings (SSSR count). The summed E-state index contributed by atoms with van der Waals surface area (Å²) in [6.45, 7) is 8.13. The molecular formula is C19H27NO2. The minimum absolute atomic E-state index is 0.684. The molecule has 0 aliphatic heterocycles. The van der Waals surface area contributed by atoms with Gasteiger partial charge in [0.05, 0.1) is 7.11 Å². The molecule has 0 radical (unpaired) electrons. The predicted molar refractivity (Wildman–Crippen MR) is 93.8 cm³/mol. The first-order valence-corrected chi connectivity index (χ1v) is 7.36. The van der Waals surface area contributed by atoms with Crippen molar-refractivity contribution in [3.8, 4) is 5.75 Å². The molecule has 0 spiro atoms. The highest BCUT2D eigenvalue weighted by Gasteiger charge is 1.90. The maximum atomic E-state index is 10.1. The summed E-state index contributed by atoms with van der Waals surface area (Å²) in [5, 5.41) is 2.59. The summed E-state index contributed by atoms with van der Waals surface area (Å²) in [7, 11) is 1.66. The zero-order chi connectivity index (χ0) is 16.8. The molecule has 3 nitrogen and oxygen atoms in total. The van der Waals surface area contributed by atoms with Crippen molar-refractivity contribution in [2.45, 2.75) is 34.1 Å². The number of methoxy groups -OCH3 is 1. The molecule has 1 aromatic carbocycles. The Morgan fingerprint density at radius 2 is 1.73 bits per heavy atom. The molecular weight excluding hydrogens is 274 g/mol. The number of carbonyl (C=O) groups excluding carboxylic acids is 1. The van der Waals surface area contributed by atoms with Crippen LogP contribution in [0, 0.1) is 0 Å². The number of para-hydroxylation sites is 1. The van der Waals surface area contributed by atoms with E-state index < -0.39 is 0 Å². The lowest BCUT2D eigenvalue weighted by molar-refractivity contribution is -0.108. The average molecular weight is 301 g/mol. The van der Waals surface area contributed by atoms with Crippen LogP contribution in [-0.2, 0) is 4.79 Å². The second-order valence-corrected chi connectivity index (χ2v) is 4.77. The minimum atomic E-state index is 0.684. The topological polar surface area (TPSA) is 38.3 Å². The molecule has 0 bridgehead atoms. The van der Waals surface area contributed by atoms with Crippen LogP contribution in [0.3, 0.4) is 0 Å². The van der Waals surface area contributed by atoms with Gasteiger partial charge < -0.3 is 10.1 Å². The van der Waals surface area contributed by atoms with E-state index >= 15 is 0 Å². The number of allylic oxidation sites excluding steroid dienone is 6. The first-order chi connectivity index (χ1) is 10.5. The van der Waals surface area contributed by atoms with Gasteiger partial charge in [-0.15, -0.1) is 0 Å². The van der Waals surface area contributed by atoms with E-state index in [1.807, 2.05) is 49.4 Å². The normalized spacial score (nSPS) is 12.1. The average Bonchev–Trinajstić information content (AvgIpc) is 2.54. The molecule has 0 atom stereocenters. The van der Waals surface area contributed by atoms with Crippen molar-refractivity contribution in [3.63, 3.8) is 0 Å². The van der Waals surface area contributed by atoms with Gasteiger partial charge in [0.25, 0.3) is 0 Å². The zero-order valence-electron chi connectivity index (χ0n) is 14.2. The van der Waals surface area contributed by atoms with Gasteiger partial charge in [0, 0.05) is 5.70 Å². The summed E-state index contributed by atoms with van der Waals surface area (Å²) in [6.07, 6.45) is 7.82. The Morgan fingerprint density at radius 3 is 2.18 bits per heavy atom. The lowest BCUT2D eigenvalue weighted by Gasteiger charge is -2.00. The van der Waals surface area contributed by atoms with Crippen molar-refractivity contribution in [1.29, 1.82) is 0 Å². The number of rotatable bonds is 6. The van der Waals surface area contributed by atoms with E-state index in [-0.39, 0.29) is 0 Å². The number of benzene rings is 1. The molecule has 120 valence electrons. The second kappa shape index (κ2) is 12.5. The Balaban J connectivity index is 0.000000461. The number of ether oxygens (including phenoxy) is 1. The van der Waals surface area contributed by atoms with Crippen molar-refractivity contribution in [1.82, 2.24) is 5.32 Å². The fourth-order valence-corrected chi connectivity index (χ4v) is 1.55. The van der Waals surface area contributed by atoms with Crippen LogP contribution in [0.25, 0.3) is 0 Å². The minimum Gasteiger partial charge on any atom is -0.497 e. The molecule has 0 saturated heterocycles. The van der Waals surface area contributed by atoms with E-state index in [9.17, 15) is 4.79 Å². The second-order valence-electron chi connectivity index (χ2n) is 4.77. The van der Waals surface area contributed by atoms with E-state index in [0.29, 0.717) is 6.41 Å². The van der Waals surface area contributed by atoms with Gasteiger partial charge in [0.1, 0.15) is 5.75 Å². The van der Waals surface area contributed by atoms with Crippen LogP contribution in [0.2, 0.25) is 0 Å². The maximum Gasteiger partial charge on any atom is 0.211 e. The molecule has 0 aliphatic rings. The fourth-order valence-electron chi connectivity index (χ4n) is 1.55. The fraction of sp³-hybridized carbons (Fsp3) is 0.316. The molecule has 0 unspecified atom stereocenters. The van der Waals surface area contributed by atoms with Crippen molar-refractivity contribution in [2.75, 3.05) is 7.11 Å². The smallest absolute Gasteiger partial charge is 0.211 e. The zero-order valence-corrected chi connectivity index (χ0v) is 14.2. The molecule has 3 heteroatoms. The first kappa shape index (κ1) is 19.7. The molecule has 1 amide bonds. The van der Waals surface area contributed by atoms with Crippen LogP contribution in [0.1, 0.15) is 34.1 Å². The third-order valence-corrected chi connectivity index (χ3v) is 2.98. The molecule has 0 heterocycles. The number of carbonyl (C=O) groups is 1. The summed E-state index contributed by atoms with van der Waals surface area (Å²) in [4.78, 5) is 10.1. The predicted octanol–water partition coefficient (Wildman–Crippen LogP) is 4.63. The molecule has 0 aliphatic carbocycles. The molecule has 0 saturated carbocycles. The quantitative estimate of drug-likeness (QED) is 0.614. The lowest BCUT2D eigenvalue weighted by atomic mass is 10.1. The third-order valence-electron chi connectivity index (χ3n) is 2.98. The van der Waals surface area contributed by atoms with Crippen LogP contribution in [0.15, 0.2) is 65.4 Å². The Morgan fingerprint density at radius 1 is 1.09 bits per heavy atom. The van der Waals surface area contributed by atoms with Crippen molar-refractivity contribution < 1.29 is 9.53 Å². The van der Waals surface area contributed by atoms with Gasteiger partial charge in [0.15, 0.2) is 0 Å². The largest absolute Gasteiger partial charge is 0.497 e. The van der Waals surface area contributed by atoms with Gasteiger partial charge in [-0.2, -0.15) is 0 Å². The highest BCUT2D eigenvalue weighted by molar-refractivity contribution is 5.50. The Labute approximate surface area is 134 Å². The first-order valence-electron chi connectivity index (χ1n) is 7.36. The molecule has 22 heavy (non-hydrogen) atoms. The van der Waals surface area contributed by atoms with Crippen molar-refractivity contribution in [3.05, 3.63) is 65.4 Å². The van der Waals surface area contributed by atoms with Crippen molar-refractivity contribution >= 4 is 6.41 Å². The van der Waals surface area contributed by atoms with Crippen LogP contribution >= 0.6 is 0 Å². The Bertz CT molecular complexity index is 513. The monoisotopic (exact) mass is 301 g/mol. The third kappa shape index (κ3) is 9.59. The van der Waals surface area contributed by atoms with Crippen LogP contribution in [-0.4, -0.2) is 13.5 Å². The molecule has 0 fully saturated rings. The van der Waals surface area contributed by atoms with Gasteiger partial charge >= 0.3 is 0 Å². The van der Waals surface area contributed by atoms with E-state index in [0.717, 1.165) is 17.9 Å². The maximum absolute atomic E-state index is 10.1. The Kier molecular flexibility index (Phi) is 11.2. The molecule has 1 N–H and O–H groups in total. The van der Waals surface area contributed by atoms with E-state index in [1.54, 1.807) is 7.11 Å². The number of hydrogen-bond donors (Lipinski definition) is 1. The highest BCUT2D eigenvalue weighted by atomic mass is 16.5. The van der Waals surface area contributed by atoms with E-state index in [4.69, 9.17) is 4.74 Å². The highest BCUT2D eigenvalue weighted by Crippen LogP contribution is 2.09. The van der Waals surface area contributed by atoms with Gasteiger partial charge in [0.2, 0.25) is 6.41 Å². The van der Waals surface area contributed by atoms with Crippen molar-refractivity contribution in [2.24, 2.45) is 0 Å². The summed E-state index contributed by atoms with van der Waals surface area (Å²) < 4.78 is 4.91. The lowest BCUT2D eigenvalue weighted by Crippen LogP contribution is -2.06. The summed E-state index contributed by atoms with van der Waals surface area (Å²) in [5.41, 5.74) is 3.35. The number of nitrogens with one attached hydrogen (secondary N) is 1. The van der Waals surface area contributed by atoms with Gasteiger partial charge in [-0.1, -0.05) is 42.8 Å². The molecule has 0 aromatic heterocycles. The van der Waals surface area contributed by atoms with Gasteiger partial charge in [-0.3, -0.25) is 4.79 Å². The van der Waals surface area contributed by atoms with Gasteiger partial charge in [-0.25, -0.2) is 0 Å². The van der Waals surface area contributed by atoms with Crippen LogP contribution in [0.4, 0.5) is 0 Å². The number of amides is 1. The SMILES string of the molecule is CC/C=C(C)/C(C)=C/C=C(\C)NC=O.COc1ccccc1. The van der Waals surface area contributed by atoms with Gasteiger partial charge in [-0.05, 0) is 51.0 Å². The van der Waals surface area contributed by atoms with Crippen LogP contribution in [0.5, 0.6) is 5.75 Å². The summed E-state index contributed by atoms with van der Waals surface area (Å²) in [5.74, 6) is 0.910.